The summed E-state index contributed by atoms with van der Waals surface area (Å²) in [7, 11) is 0. The number of benzene rings is 1. The lowest BCUT2D eigenvalue weighted by Crippen LogP contribution is -2.28. The lowest BCUT2D eigenvalue weighted by atomic mass is 10.1. The zero-order chi connectivity index (χ0) is 23.2. The smallest absolute Gasteiger partial charge is 0.366 e. The summed E-state index contributed by atoms with van der Waals surface area (Å²) >= 11 is 0. The molecule has 7 nitrogen and oxygen atoms in total. The second-order valence-corrected chi connectivity index (χ2v) is 7.30. The van der Waals surface area contributed by atoms with Crippen LogP contribution in [0, 0.1) is 5.82 Å². The summed E-state index contributed by atoms with van der Waals surface area (Å²) in [5, 5.41) is 7.95. The van der Waals surface area contributed by atoms with Crippen molar-refractivity contribution in [2.24, 2.45) is 0 Å². The Kier molecular flexibility index (Phi) is 4.81. The summed E-state index contributed by atoms with van der Waals surface area (Å²) in [5.41, 5.74) is 8.21. The number of nitrogens with zero attached hydrogens (tertiary/aromatic N) is 6. The minimum absolute atomic E-state index is 0.124. The van der Waals surface area contributed by atoms with Crippen LogP contribution in [0.2, 0.25) is 0 Å². The average Bonchev–Trinajstić information content (AvgIpc) is 3.40. The molecule has 0 saturated heterocycles. The van der Waals surface area contributed by atoms with Crippen LogP contribution in [0.1, 0.15) is 11.6 Å². The summed E-state index contributed by atoms with van der Waals surface area (Å²) in [6, 6.07) is 10.9. The summed E-state index contributed by atoms with van der Waals surface area (Å²) < 4.78 is 57.0. The minimum Gasteiger partial charge on any atom is -0.366 e. The molecule has 0 saturated carbocycles. The fourth-order valence-electron chi connectivity index (χ4n) is 3.56. The van der Waals surface area contributed by atoms with Crippen molar-refractivity contribution in [2.45, 2.75) is 12.2 Å². The van der Waals surface area contributed by atoms with E-state index in [0.717, 1.165) is 34.5 Å². The first-order valence-corrected chi connectivity index (χ1v) is 9.74. The standard InChI is InChI=1S/C22H15F4N7/c23-16-6-4-13(5-7-16)20(22(24,25)26)33-12-15(11-28-33)18-3-1-2-17(29-18)14-8-9-32-19(10-14)30-21(27)31-32/h1-12,20H,(H2,27,31). The Morgan fingerprint density at radius 1 is 0.909 bits per heavy atom. The molecule has 1 unspecified atom stereocenters. The molecule has 0 radical (unpaired) electrons. The number of nitrogens with two attached hydrogens (primary N) is 1. The van der Waals surface area contributed by atoms with Gasteiger partial charge in [0.15, 0.2) is 11.7 Å². The van der Waals surface area contributed by atoms with Gasteiger partial charge in [0, 0.05) is 23.5 Å². The first kappa shape index (κ1) is 20.6. The van der Waals surface area contributed by atoms with Gasteiger partial charge in [0.1, 0.15) is 5.82 Å². The third kappa shape index (κ3) is 4.00. The van der Waals surface area contributed by atoms with Crippen LogP contribution in [0.3, 0.4) is 0 Å². The highest BCUT2D eigenvalue weighted by Gasteiger charge is 2.43. The molecule has 166 valence electrons. The van der Waals surface area contributed by atoms with Crippen molar-refractivity contribution in [3.05, 3.63) is 84.6 Å². The molecule has 0 bridgehead atoms. The maximum atomic E-state index is 13.8. The number of fused-ring (bicyclic) bond motifs is 1. The maximum Gasteiger partial charge on any atom is 0.415 e. The van der Waals surface area contributed by atoms with Crippen molar-refractivity contribution < 1.29 is 17.6 Å². The Bertz CT molecular complexity index is 1440. The summed E-state index contributed by atoms with van der Waals surface area (Å²) in [5.74, 6) is -0.476. The molecule has 5 rings (SSSR count). The number of anilines is 1. The lowest BCUT2D eigenvalue weighted by Gasteiger charge is -2.21. The van der Waals surface area contributed by atoms with E-state index < -0.39 is 18.0 Å². The highest BCUT2D eigenvalue weighted by Crippen LogP contribution is 2.36. The molecular formula is C22H15F4N7. The number of pyridine rings is 2. The van der Waals surface area contributed by atoms with Crippen molar-refractivity contribution in [1.29, 1.82) is 0 Å². The Labute approximate surface area is 184 Å². The molecule has 4 aromatic heterocycles. The van der Waals surface area contributed by atoms with Crippen LogP contribution < -0.4 is 5.73 Å². The largest absolute Gasteiger partial charge is 0.415 e. The Hall–Kier alpha value is -4.28. The van der Waals surface area contributed by atoms with Crippen LogP contribution in [0.5, 0.6) is 0 Å². The third-order valence-electron chi connectivity index (χ3n) is 5.06. The van der Waals surface area contributed by atoms with Gasteiger partial charge in [0.2, 0.25) is 5.95 Å². The molecule has 11 heteroatoms. The molecular weight excluding hydrogens is 438 g/mol. The number of aromatic nitrogens is 6. The number of hydrogen-bond donors (Lipinski definition) is 1. The van der Waals surface area contributed by atoms with Crippen LogP contribution in [-0.2, 0) is 0 Å². The second kappa shape index (κ2) is 7.69. The second-order valence-electron chi connectivity index (χ2n) is 7.30. The van der Waals surface area contributed by atoms with Gasteiger partial charge in [-0.15, -0.1) is 5.10 Å². The number of alkyl halides is 3. The highest BCUT2D eigenvalue weighted by atomic mass is 19.4. The molecule has 2 N–H and O–H groups in total. The predicted octanol–water partition coefficient (Wildman–Crippen LogP) is 4.53. The van der Waals surface area contributed by atoms with Gasteiger partial charge < -0.3 is 5.73 Å². The summed E-state index contributed by atoms with van der Waals surface area (Å²) in [6.07, 6.45) is -0.351. The molecule has 0 aliphatic heterocycles. The van der Waals surface area contributed by atoms with E-state index in [9.17, 15) is 17.6 Å². The van der Waals surface area contributed by atoms with Gasteiger partial charge in [-0.2, -0.15) is 23.3 Å². The van der Waals surface area contributed by atoms with E-state index in [4.69, 9.17) is 5.73 Å². The molecule has 4 heterocycles. The fourth-order valence-corrected chi connectivity index (χ4v) is 3.56. The van der Waals surface area contributed by atoms with Crippen molar-refractivity contribution >= 4 is 11.6 Å². The SMILES string of the molecule is Nc1nc2cc(-c3cccc(-c4cnn(C(c5ccc(F)cc5)C(F)(F)F)c4)n3)ccn2n1. The van der Waals surface area contributed by atoms with E-state index >= 15 is 0 Å². The van der Waals surface area contributed by atoms with Gasteiger partial charge in [-0.25, -0.2) is 13.9 Å². The van der Waals surface area contributed by atoms with Gasteiger partial charge in [0.25, 0.3) is 0 Å². The molecule has 5 aromatic rings. The fraction of sp³-hybridized carbons (Fsp3) is 0.0909. The van der Waals surface area contributed by atoms with Crippen molar-refractivity contribution in [1.82, 2.24) is 29.4 Å². The maximum absolute atomic E-state index is 13.8. The van der Waals surface area contributed by atoms with Crippen molar-refractivity contribution in [2.75, 3.05) is 5.73 Å². The van der Waals surface area contributed by atoms with Crippen molar-refractivity contribution in [3.63, 3.8) is 0 Å². The van der Waals surface area contributed by atoms with E-state index in [0.29, 0.717) is 22.6 Å². The molecule has 0 aliphatic rings. The van der Waals surface area contributed by atoms with Gasteiger partial charge in [-0.3, -0.25) is 4.68 Å². The van der Waals surface area contributed by atoms with Crippen LogP contribution in [0.4, 0.5) is 23.5 Å². The Morgan fingerprint density at radius 2 is 1.64 bits per heavy atom. The minimum atomic E-state index is -4.63. The number of rotatable bonds is 4. The quantitative estimate of drug-likeness (QED) is 0.404. The monoisotopic (exact) mass is 453 g/mol. The molecule has 33 heavy (non-hydrogen) atoms. The topological polar surface area (TPSA) is 86.9 Å². The van der Waals surface area contributed by atoms with Gasteiger partial charge in [0.05, 0.1) is 17.6 Å². The normalized spacial score (nSPS) is 12.8. The lowest BCUT2D eigenvalue weighted by molar-refractivity contribution is -0.159. The van der Waals surface area contributed by atoms with Gasteiger partial charge in [-0.1, -0.05) is 18.2 Å². The van der Waals surface area contributed by atoms with Crippen LogP contribution >= 0.6 is 0 Å². The zero-order valence-corrected chi connectivity index (χ0v) is 16.8. The van der Waals surface area contributed by atoms with Crippen molar-refractivity contribution in [3.8, 4) is 22.5 Å². The highest BCUT2D eigenvalue weighted by molar-refractivity contribution is 5.68. The Balaban J connectivity index is 1.50. The van der Waals surface area contributed by atoms with E-state index in [1.54, 1.807) is 36.5 Å². The van der Waals surface area contributed by atoms with E-state index in [1.807, 2.05) is 0 Å². The third-order valence-corrected chi connectivity index (χ3v) is 5.06. The number of nitrogen functional groups attached to an aromatic ring is 1. The number of hydrogen-bond acceptors (Lipinski definition) is 5. The molecule has 0 amide bonds. The molecule has 0 spiro atoms. The van der Waals surface area contributed by atoms with E-state index in [2.05, 4.69) is 20.2 Å². The first-order valence-electron chi connectivity index (χ1n) is 9.74. The first-order chi connectivity index (χ1) is 15.8. The van der Waals surface area contributed by atoms with Crippen LogP contribution in [0.15, 0.2) is 73.2 Å². The van der Waals surface area contributed by atoms with Gasteiger partial charge in [-0.05, 0) is 42.0 Å². The Morgan fingerprint density at radius 3 is 2.36 bits per heavy atom. The predicted molar refractivity (Wildman–Crippen MR) is 112 cm³/mol. The summed E-state index contributed by atoms with van der Waals surface area (Å²) in [4.78, 5) is 8.69. The van der Waals surface area contributed by atoms with Crippen LogP contribution in [-0.4, -0.2) is 35.5 Å². The molecule has 0 aliphatic carbocycles. The molecule has 1 aromatic carbocycles. The van der Waals surface area contributed by atoms with E-state index in [-0.39, 0.29) is 11.5 Å². The summed E-state index contributed by atoms with van der Waals surface area (Å²) in [6.45, 7) is 0. The molecule has 1 atom stereocenters. The van der Waals surface area contributed by atoms with Crippen LogP contribution in [0.25, 0.3) is 28.2 Å². The van der Waals surface area contributed by atoms with E-state index in [1.165, 1.54) is 16.9 Å². The van der Waals surface area contributed by atoms with Gasteiger partial charge >= 0.3 is 6.18 Å². The molecule has 0 fully saturated rings. The zero-order valence-electron chi connectivity index (χ0n) is 16.8. The number of halogens is 4. The average molecular weight is 453 g/mol.